The van der Waals surface area contributed by atoms with Crippen LogP contribution in [0.1, 0.15) is 35.5 Å². The molecule has 0 spiro atoms. The Balaban J connectivity index is 1.40. The summed E-state index contributed by atoms with van der Waals surface area (Å²) >= 11 is 5.72. The number of anilines is 1. The molecular formula is C27H25FN6OS. The van der Waals surface area contributed by atoms with Crippen molar-refractivity contribution in [2.45, 2.75) is 25.0 Å². The normalized spacial score (nSPS) is 17.1. The molecule has 182 valence electrons. The Hall–Kier alpha value is -4.11. The summed E-state index contributed by atoms with van der Waals surface area (Å²) in [6, 6.07) is 19.6. The van der Waals surface area contributed by atoms with Gasteiger partial charge in [0.25, 0.3) is 0 Å². The summed E-state index contributed by atoms with van der Waals surface area (Å²) in [5.41, 5.74) is 3.14. The summed E-state index contributed by atoms with van der Waals surface area (Å²) in [6.07, 6.45) is 7.54. The minimum atomic E-state index is -0.467. The van der Waals surface area contributed by atoms with E-state index >= 15 is 0 Å². The van der Waals surface area contributed by atoms with E-state index in [0.717, 1.165) is 17.0 Å². The molecule has 0 bridgehead atoms. The summed E-state index contributed by atoms with van der Waals surface area (Å²) < 4.78 is 16.2. The molecule has 2 atom stereocenters. The quantitative estimate of drug-likeness (QED) is 0.348. The third kappa shape index (κ3) is 5.11. The van der Waals surface area contributed by atoms with Crippen molar-refractivity contribution in [2.24, 2.45) is 0 Å². The van der Waals surface area contributed by atoms with Crippen LogP contribution in [0, 0.1) is 5.82 Å². The van der Waals surface area contributed by atoms with E-state index in [1.54, 1.807) is 30.6 Å². The minimum Gasteiger partial charge on any atom is -0.352 e. The van der Waals surface area contributed by atoms with Gasteiger partial charge in [0, 0.05) is 50.0 Å². The molecule has 4 heterocycles. The second kappa shape index (κ2) is 10.7. The Kier molecular flexibility index (Phi) is 6.99. The number of para-hydroxylation sites is 1. The molecule has 1 saturated heterocycles. The van der Waals surface area contributed by atoms with Crippen LogP contribution in [0.5, 0.6) is 0 Å². The van der Waals surface area contributed by atoms with Crippen LogP contribution in [0.25, 0.3) is 0 Å². The zero-order valence-corrected chi connectivity index (χ0v) is 20.2. The molecule has 0 unspecified atom stereocenters. The number of carbonyl (C=O) groups is 1. The molecule has 36 heavy (non-hydrogen) atoms. The van der Waals surface area contributed by atoms with Crippen molar-refractivity contribution in [3.05, 3.63) is 114 Å². The Bertz CT molecular complexity index is 1350. The molecule has 1 amide bonds. The first kappa shape index (κ1) is 23.6. The van der Waals surface area contributed by atoms with Crippen molar-refractivity contribution < 1.29 is 9.18 Å². The highest BCUT2D eigenvalue weighted by Gasteiger charge is 2.41. The number of rotatable bonds is 8. The van der Waals surface area contributed by atoms with E-state index in [-0.39, 0.29) is 30.1 Å². The molecule has 7 nitrogen and oxygen atoms in total. The number of aromatic nitrogens is 3. The van der Waals surface area contributed by atoms with Crippen molar-refractivity contribution in [1.29, 1.82) is 0 Å². The van der Waals surface area contributed by atoms with Crippen molar-refractivity contribution >= 4 is 28.9 Å². The molecule has 0 saturated carbocycles. The number of hydrogen-bond donors (Lipinski definition) is 2. The number of halogens is 1. The zero-order chi connectivity index (χ0) is 24.9. The molecular weight excluding hydrogens is 475 g/mol. The lowest BCUT2D eigenvalue weighted by atomic mass is 10.0. The minimum absolute atomic E-state index is 0.144. The van der Waals surface area contributed by atoms with Crippen LogP contribution in [0.2, 0.25) is 0 Å². The van der Waals surface area contributed by atoms with E-state index < -0.39 is 5.82 Å². The molecule has 0 aliphatic carbocycles. The molecule has 1 aliphatic heterocycles. The highest BCUT2D eigenvalue weighted by atomic mass is 32.1. The van der Waals surface area contributed by atoms with E-state index in [2.05, 4.69) is 31.2 Å². The Labute approximate surface area is 214 Å². The standard InChI is InChI=1S/C27H25FN6OS/c28-20-8-1-2-9-21(20)31-24(35)12-16-34-26(25(32-27(34)36)22-10-3-4-14-30-22)23-11-6-15-33(23)18-19-7-5-13-29-17-19/h1-11,13-15,17,25-26H,12,16,18H2,(H,31,35)(H,32,36)/t25-,26+/m0/s1. The third-order valence-corrected chi connectivity index (χ3v) is 6.52. The van der Waals surface area contributed by atoms with E-state index in [0.29, 0.717) is 18.2 Å². The van der Waals surface area contributed by atoms with Gasteiger partial charge in [0.2, 0.25) is 5.91 Å². The summed E-state index contributed by atoms with van der Waals surface area (Å²) in [5.74, 6) is -0.751. The third-order valence-electron chi connectivity index (χ3n) is 6.17. The highest BCUT2D eigenvalue weighted by Crippen LogP contribution is 2.39. The first-order valence-electron chi connectivity index (χ1n) is 11.7. The van der Waals surface area contributed by atoms with Gasteiger partial charge in [-0.05, 0) is 60.2 Å². The fraction of sp³-hybridized carbons (Fsp3) is 0.185. The smallest absolute Gasteiger partial charge is 0.226 e. The van der Waals surface area contributed by atoms with Crippen LogP contribution in [-0.2, 0) is 11.3 Å². The number of nitrogens with one attached hydrogen (secondary N) is 2. The summed E-state index contributed by atoms with van der Waals surface area (Å²) in [4.78, 5) is 23.5. The average Bonchev–Trinajstić information content (AvgIpc) is 3.48. The van der Waals surface area contributed by atoms with Gasteiger partial charge in [0.15, 0.2) is 5.11 Å². The van der Waals surface area contributed by atoms with Gasteiger partial charge in [-0.3, -0.25) is 14.8 Å². The van der Waals surface area contributed by atoms with Gasteiger partial charge in [0.05, 0.1) is 23.5 Å². The Morgan fingerprint density at radius 3 is 2.69 bits per heavy atom. The van der Waals surface area contributed by atoms with Crippen molar-refractivity contribution in [3.63, 3.8) is 0 Å². The SMILES string of the molecule is O=C(CCN1C(=S)N[C@@H](c2ccccn2)[C@H]1c1cccn1Cc1cccnc1)Nc1ccccc1F. The summed E-state index contributed by atoms with van der Waals surface area (Å²) in [6.45, 7) is 1.01. The lowest BCUT2D eigenvalue weighted by Crippen LogP contribution is -2.33. The van der Waals surface area contributed by atoms with Crippen LogP contribution < -0.4 is 10.6 Å². The lowest BCUT2D eigenvalue weighted by Gasteiger charge is -2.29. The highest BCUT2D eigenvalue weighted by molar-refractivity contribution is 7.80. The van der Waals surface area contributed by atoms with Gasteiger partial charge in [0.1, 0.15) is 5.82 Å². The fourth-order valence-corrected chi connectivity index (χ4v) is 4.83. The van der Waals surface area contributed by atoms with E-state index in [1.807, 2.05) is 53.7 Å². The van der Waals surface area contributed by atoms with Gasteiger partial charge in [-0.1, -0.05) is 24.3 Å². The molecule has 3 aromatic heterocycles. The van der Waals surface area contributed by atoms with Crippen molar-refractivity contribution in [1.82, 2.24) is 24.8 Å². The van der Waals surface area contributed by atoms with Crippen LogP contribution in [0.3, 0.4) is 0 Å². The second-order valence-corrected chi connectivity index (χ2v) is 8.91. The average molecular weight is 501 g/mol. The van der Waals surface area contributed by atoms with Crippen LogP contribution >= 0.6 is 12.2 Å². The number of amides is 1. The molecule has 5 rings (SSSR count). The topological polar surface area (TPSA) is 75.1 Å². The van der Waals surface area contributed by atoms with E-state index in [9.17, 15) is 9.18 Å². The molecule has 4 aromatic rings. The first-order chi connectivity index (χ1) is 17.6. The van der Waals surface area contributed by atoms with Crippen molar-refractivity contribution in [3.8, 4) is 0 Å². The predicted molar refractivity (Wildman–Crippen MR) is 140 cm³/mol. The number of hydrogen-bond acceptors (Lipinski definition) is 4. The number of carbonyl (C=O) groups excluding carboxylic acids is 1. The number of benzene rings is 1. The molecule has 1 aromatic carbocycles. The molecule has 9 heteroatoms. The molecule has 2 N–H and O–H groups in total. The number of thiocarbonyl (C=S) groups is 1. The molecule has 1 fully saturated rings. The fourth-order valence-electron chi connectivity index (χ4n) is 4.49. The summed E-state index contributed by atoms with van der Waals surface area (Å²) in [5, 5.41) is 6.61. The maximum Gasteiger partial charge on any atom is 0.226 e. The maximum absolute atomic E-state index is 14.0. The molecule has 0 radical (unpaired) electrons. The van der Waals surface area contributed by atoms with Gasteiger partial charge >= 0.3 is 0 Å². The van der Waals surface area contributed by atoms with Gasteiger partial charge in [-0.15, -0.1) is 0 Å². The van der Waals surface area contributed by atoms with Crippen LogP contribution in [0.15, 0.2) is 91.5 Å². The second-order valence-electron chi connectivity index (χ2n) is 8.52. The summed E-state index contributed by atoms with van der Waals surface area (Å²) in [7, 11) is 0. The van der Waals surface area contributed by atoms with E-state index in [1.165, 1.54) is 6.07 Å². The monoisotopic (exact) mass is 500 g/mol. The maximum atomic E-state index is 14.0. The van der Waals surface area contributed by atoms with Crippen LogP contribution in [0.4, 0.5) is 10.1 Å². The lowest BCUT2D eigenvalue weighted by molar-refractivity contribution is -0.116. The first-order valence-corrected chi connectivity index (χ1v) is 12.1. The number of pyridine rings is 2. The number of nitrogens with zero attached hydrogens (tertiary/aromatic N) is 4. The van der Waals surface area contributed by atoms with Gasteiger partial charge < -0.3 is 20.1 Å². The predicted octanol–water partition coefficient (Wildman–Crippen LogP) is 4.47. The van der Waals surface area contributed by atoms with E-state index in [4.69, 9.17) is 12.2 Å². The van der Waals surface area contributed by atoms with Crippen LogP contribution in [-0.4, -0.2) is 37.0 Å². The van der Waals surface area contributed by atoms with Crippen molar-refractivity contribution in [2.75, 3.05) is 11.9 Å². The largest absolute Gasteiger partial charge is 0.352 e. The zero-order valence-electron chi connectivity index (χ0n) is 19.4. The Morgan fingerprint density at radius 2 is 1.92 bits per heavy atom. The molecule has 1 aliphatic rings. The van der Waals surface area contributed by atoms with Gasteiger partial charge in [-0.25, -0.2) is 4.39 Å². The van der Waals surface area contributed by atoms with Gasteiger partial charge in [-0.2, -0.15) is 0 Å². The Morgan fingerprint density at radius 1 is 1.06 bits per heavy atom.